The number of amides is 1. The van der Waals surface area contributed by atoms with Crippen LogP contribution in [-0.2, 0) is 4.79 Å². The van der Waals surface area contributed by atoms with Crippen LogP contribution in [-0.4, -0.2) is 29.2 Å². The van der Waals surface area contributed by atoms with Crippen LogP contribution < -0.4 is 10.6 Å². The van der Waals surface area contributed by atoms with E-state index in [1.807, 2.05) is 25.1 Å². The fourth-order valence-electron chi connectivity index (χ4n) is 1.81. The van der Waals surface area contributed by atoms with E-state index in [1.54, 1.807) is 24.3 Å². The van der Waals surface area contributed by atoms with Crippen molar-refractivity contribution in [3.8, 4) is 6.07 Å². The predicted molar refractivity (Wildman–Crippen MR) is 88.5 cm³/mol. The van der Waals surface area contributed by atoms with E-state index in [4.69, 9.17) is 5.26 Å². The molecule has 6 heteroatoms. The van der Waals surface area contributed by atoms with E-state index in [0.717, 1.165) is 11.3 Å². The molecule has 0 atom stereocenters. The number of nitrogens with one attached hydrogen (secondary N) is 2. The molecule has 2 N–H and O–H groups in total. The van der Waals surface area contributed by atoms with Gasteiger partial charge in [0, 0.05) is 19.2 Å². The molecule has 116 valence electrons. The van der Waals surface area contributed by atoms with E-state index in [1.165, 1.54) is 6.08 Å². The molecule has 23 heavy (non-hydrogen) atoms. The number of aryl methyl sites for hydroxylation is 1. The molecule has 0 saturated heterocycles. The van der Waals surface area contributed by atoms with Crippen molar-refractivity contribution < 1.29 is 4.79 Å². The minimum atomic E-state index is -0.191. The van der Waals surface area contributed by atoms with Gasteiger partial charge < -0.3 is 10.6 Å². The van der Waals surface area contributed by atoms with Gasteiger partial charge in [-0.05, 0) is 42.8 Å². The molecular weight excluding hydrogens is 290 g/mol. The molecule has 0 bridgehead atoms. The minimum absolute atomic E-state index is 0.191. The van der Waals surface area contributed by atoms with Crippen LogP contribution in [0.2, 0.25) is 0 Å². The topological polar surface area (TPSA) is 90.7 Å². The van der Waals surface area contributed by atoms with Gasteiger partial charge in [-0.2, -0.15) is 10.4 Å². The molecule has 1 aromatic heterocycles. The van der Waals surface area contributed by atoms with Gasteiger partial charge in [0.15, 0.2) is 0 Å². The van der Waals surface area contributed by atoms with Crippen molar-refractivity contribution >= 4 is 17.8 Å². The lowest BCUT2D eigenvalue weighted by Gasteiger charge is -2.05. The fourth-order valence-corrected chi connectivity index (χ4v) is 1.81. The summed E-state index contributed by atoms with van der Waals surface area (Å²) in [5.74, 6) is 0.484. The highest BCUT2D eigenvalue weighted by Gasteiger charge is 1.97. The van der Waals surface area contributed by atoms with E-state index in [9.17, 15) is 4.79 Å². The van der Waals surface area contributed by atoms with Crippen molar-refractivity contribution in [3.63, 3.8) is 0 Å². The van der Waals surface area contributed by atoms with Crippen molar-refractivity contribution in [2.24, 2.45) is 0 Å². The smallest absolute Gasteiger partial charge is 0.244 e. The number of hydrogen-bond donors (Lipinski definition) is 2. The zero-order valence-electron chi connectivity index (χ0n) is 12.8. The molecular formula is C17H17N5O. The quantitative estimate of drug-likeness (QED) is 0.628. The molecule has 2 aromatic rings. The molecule has 0 fully saturated rings. The van der Waals surface area contributed by atoms with Crippen molar-refractivity contribution in [3.05, 3.63) is 59.3 Å². The summed E-state index contributed by atoms with van der Waals surface area (Å²) >= 11 is 0. The Balaban J connectivity index is 1.73. The van der Waals surface area contributed by atoms with Crippen LogP contribution in [0.25, 0.3) is 6.08 Å². The maximum atomic E-state index is 11.7. The first-order valence-electron chi connectivity index (χ1n) is 7.17. The van der Waals surface area contributed by atoms with Gasteiger partial charge in [0.1, 0.15) is 5.82 Å². The van der Waals surface area contributed by atoms with Gasteiger partial charge in [-0.1, -0.05) is 12.1 Å². The number of aromatic nitrogens is 2. The van der Waals surface area contributed by atoms with E-state index < -0.39 is 0 Å². The normalized spacial score (nSPS) is 10.3. The summed E-state index contributed by atoms with van der Waals surface area (Å²) in [6, 6.07) is 12.8. The highest BCUT2D eigenvalue weighted by molar-refractivity contribution is 5.91. The fraction of sp³-hybridized carbons (Fsp3) is 0.176. The summed E-state index contributed by atoms with van der Waals surface area (Å²) in [5.41, 5.74) is 2.23. The number of nitrogens with zero attached hydrogens (tertiary/aromatic N) is 3. The first-order valence-corrected chi connectivity index (χ1v) is 7.17. The van der Waals surface area contributed by atoms with Crippen molar-refractivity contribution in [1.82, 2.24) is 15.5 Å². The highest BCUT2D eigenvalue weighted by atomic mass is 16.1. The lowest BCUT2D eigenvalue weighted by atomic mass is 10.1. The van der Waals surface area contributed by atoms with Gasteiger partial charge >= 0.3 is 0 Å². The van der Waals surface area contributed by atoms with E-state index in [-0.39, 0.29) is 5.91 Å². The summed E-state index contributed by atoms with van der Waals surface area (Å²) in [5, 5.41) is 22.6. The largest absolute Gasteiger partial charge is 0.367 e. The van der Waals surface area contributed by atoms with Crippen LogP contribution in [0.4, 0.5) is 5.82 Å². The third-order valence-electron chi connectivity index (χ3n) is 2.97. The maximum absolute atomic E-state index is 11.7. The standard InChI is InChI=1S/C17H17N5O/c1-13-5-7-16(22-21-13)19-9-10-20-17(23)8-6-14-3-2-4-15(11-14)12-18/h2-8,11H,9-10H2,1H3,(H,19,22)(H,20,23). The first-order chi connectivity index (χ1) is 11.2. The molecule has 1 heterocycles. The van der Waals surface area contributed by atoms with Crippen LogP contribution >= 0.6 is 0 Å². The van der Waals surface area contributed by atoms with Crippen LogP contribution in [0, 0.1) is 18.3 Å². The number of benzene rings is 1. The third-order valence-corrected chi connectivity index (χ3v) is 2.97. The van der Waals surface area contributed by atoms with Gasteiger partial charge in [0.2, 0.25) is 5.91 Å². The Morgan fingerprint density at radius 3 is 2.87 bits per heavy atom. The van der Waals surface area contributed by atoms with Crippen molar-refractivity contribution in [2.75, 3.05) is 18.4 Å². The number of hydrogen-bond acceptors (Lipinski definition) is 5. The number of anilines is 1. The molecule has 0 aliphatic carbocycles. The Bertz CT molecular complexity index is 731. The summed E-state index contributed by atoms with van der Waals surface area (Å²) in [6.07, 6.45) is 3.12. The van der Waals surface area contributed by atoms with Crippen LogP contribution in [0.1, 0.15) is 16.8 Å². The summed E-state index contributed by atoms with van der Waals surface area (Å²) in [6.45, 7) is 2.90. The van der Waals surface area contributed by atoms with Gasteiger partial charge in [0.05, 0.1) is 17.3 Å². The Morgan fingerprint density at radius 2 is 2.13 bits per heavy atom. The SMILES string of the molecule is Cc1ccc(NCCNC(=O)C=Cc2cccc(C#N)c2)nn1. The van der Waals surface area contributed by atoms with E-state index in [0.29, 0.717) is 24.5 Å². The lowest BCUT2D eigenvalue weighted by molar-refractivity contribution is -0.116. The van der Waals surface area contributed by atoms with Gasteiger partial charge in [-0.15, -0.1) is 5.10 Å². The summed E-state index contributed by atoms with van der Waals surface area (Å²) in [7, 11) is 0. The molecule has 0 spiro atoms. The van der Waals surface area contributed by atoms with Crippen molar-refractivity contribution in [2.45, 2.75) is 6.92 Å². The Hall–Kier alpha value is -3.20. The van der Waals surface area contributed by atoms with Gasteiger partial charge in [-0.3, -0.25) is 4.79 Å². The Kier molecular flexibility index (Phi) is 5.83. The average Bonchev–Trinajstić information content (AvgIpc) is 2.58. The summed E-state index contributed by atoms with van der Waals surface area (Å²) in [4.78, 5) is 11.7. The average molecular weight is 307 g/mol. The second kappa shape index (κ2) is 8.29. The molecule has 2 rings (SSSR count). The van der Waals surface area contributed by atoms with Crippen LogP contribution in [0.15, 0.2) is 42.5 Å². The zero-order valence-corrected chi connectivity index (χ0v) is 12.8. The molecule has 1 amide bonds. The monoisotopic (exact) mass is 307 g/mol. The molecule has 6 nitrogen and oxygen atoms in total. The second-order valence-electron chi connectivity index (χ2n) is 4.85. The second-order valence-corrected chi connectivity index (χ2v) is 4.85. The predicted octanol–water partition coefficient (Wildman–Crippen LogP) is 1.90. The molecule has 0 aliphatic rings. The number of carbonyl (C=O) groups excluding carboxylic acids is 1. The highest BCUT2D eigenvalue weighted by Crippen LogP contribution is 2.05. The van der Waals surface area contributed by atoms with E-state index in [2.05, 4.69) is 26.9 Å². The van der Waals surface area contributed by atoms with Gasteiger partial charge in [0.25, 0.3) is 0 Å². The molecule has 0 aliphatic heterocycles. The molecule has 0 radical (unpaired) electrons. The van der Waals surface area contributed by atoms with Gasteiger partial charge in [-0.25, -0.2) is 0 Å². The molecule has 1 aromatic carbocycles. The first kappa shape index (κ1) is 16.2. The number of rotatable bonds is 6. The third kappa shape index (κ3) is 5.59. The minimum Gasteiger partial charge on any atom is -0.367 e. The Labute approximate surface area is 134 Å². The molecule has 0 saturated carbocycles. The number of nitriles is 1. The van der Waals surface area contributed by atoms with E-state index >= 15 is 0 Å². The number of carbonyl (C=O) groups is 1. The Morgan fingerprint density at radius 1 is 1.26 bits per heavy atom. The van der Waals surface area contributed by atoms with Crippen LogP contribution in [0.3, 0.4) is 0 Å². The lowest BCUT2D eigenvalue weighted by Crippen LogP contribution is -2.27. The summed E-state index contributed by atoms with van der Waals surface area (Å²) < 4.78 is 0. The molecule has 0 unspecified atom stereocenters. The zero-order chi connectivity index (χ0) is 16.5. The van der Waals surface area contributed by atoms with Crippen molar-refractivity contribution in [1.29, 1.82) is 5.26 Å². The van der Waals surface area contributed by atoms with Crippen LogP contribution in [0.5, 0.6) is 0 Å². The maximum Gasteiger partial charge on any atom is 0.244 e.